The Labute approximate surface area is 257 Å². The van der Waals surface area contributed by atoms with E-state index in [-0.39, 0.29) is 23.7 Å². The highest BCUT2D eigenvalue weighted by atomic mass is 16.6. The molecule has 0 spiro atoms. The highest BCUT2D eigenvalue weighted by molar-refractivity contribution is 6.06. The van der Waals surface area contributed by atoms with Gasteiger partial charge in [-0.25, -0.2) is 0 Å². The number of hydrogen-bond donors (Lipinski definition) is 3. The summed E-state index contributed by atoms with van der Waals surface area (Å²) in [6.45, 7) is 12.2. The van der Waals surface area contributed by atoms with E-state index in [1.807, 2.05) is 88.0 Å². The van der Waals surface area contributed by atoms with E-state index in [0.717, 1.165) is 29.9 Å². The van der Waals surface area contributed by atoms with Crippen molar-refractivity contribution in [1.82, 2.24) is 19.7 Å². The molecule has 1 aliphatic heterocycles. The van der Waals surface area contributed by atoms with Crippen molar-refractivity contribution in [3.63, 3.8) is 0 Å². The SMILES string of the molecule is Cc1ccccc1C(=O)Nc1nc(NC(=O)c2ccccc2C)n(-c2ccc(N3CCN(C(O)OC(C)(C)C)CC3)cc2)n1. The van der Waals surface area contributed by atoms with Crippen LogP contribution in [0.1, 0.15) is 52.6 Å². The number of hydrogen-bond acceptors (Lipinski definition) is 8. The van der Waals surface area contributed by atoms with Gasteiger partial charge in [0.05, 0.1) is 11.3 Å². The van der Waals surface area contributed by atoms with Crippen molar-refractivity contribution in [3.8, 4) is 5.69 Å². The smallest absolute Gasteiger partial charge is 0.258 e. The Morgan fingerprint density at radius 3 is 1.86 bits per heavy atom. The van der Waals surface area contributed by atoms with Crippen molar-refractivity contribution in [2.24, 2.45) is 0 Å². The van der Waals surface area contributed by atoms with E-state index in [9.17, 15) is 14.7 Å². The molecule has 1 aliphatic rings. The Kier molecular flexibility index (Phi) is 9.09. The minimum Gasteiger partial charge on any atom is -0.369 e. The first-order valence-electron chi connectivity index (χ1n) is 14.6. The normalized spacial score (nSPS) is 14.7. The molecule has 2 heterocycles. The summed E-state index contributed by atoms with van der Waals surface area (Å²) in [6.07, 6.45) is -0.944. The molecule has 0 radical (unpaired) electrons. The van der Waals surface area contributed by atoms with Crippen LogP contribution in [0, 0.1) is 13.8 Å². The second-order valence-electron chi connectivity index (χ2n) is 11.8. The lowest BCUT2D eigenvalue weighted by atomic mass is 10.1. The lowest BCUT2D eigenvalue weighted by Gasteiger charge is -2.39. The third-order valence-corrected chi connectivity index (χ3v) is 7.38. The van der Waals surface area contributed by atoms with Crippen LogP contribution in [-0.2, 0) is 4.74 Å². The lowest BCUT2D eigenvalue weighted by molar-refractivity contribution is -0.239. The molecule has 1 aromatic heterocycles. The zero-order valence-corrected chi connectivity index (χ0v) is 25.7. The van der Waals surface area contributed by atoms with Crippen molar-refractivity contribution >= 4 is 29.4 Å². The lowest BCUT2D eigenvalue weighted by Crippen LogP contribution is -2.52. The van der Waals surface area contributed by atoms with Gasteiger partial charge < -0.3 is 14.7 Å². The number of aliphatic hydroxyl groups is 1. The number of nitrogens with one attached hydrogen (secondary N) is 2. The van der Waals surface area contributed by atoms with E-state index < -0.39 is 12.0 Å². The third-order valence-electron chi connectivity index (χ3n) is 7.38. The predicted molar refractivity (Wildman–Crippen MR) is 170 cm³/mol. The molecule has 230 valence electrons. The molecule has 11 nitrogen and oxygen atoms in total. The number of benzene rings is 3. The van der Waals surface area contributed by atoms with E-state index in [1.165, 1.54) is 4.68 Å². The fourth-order valence-corrected chi connectivity index (χ4v) is 5.02. The molecule has 5 rings (SSSR count). The molecule has 0 aliphatic carbocycles. The molecule has 44 heavy (non-hydrogen) atoms. The van der Waals surface area contributed by atoms with Crippen LogP contribution in [0.5, 0.6) is 0 Å². The summed E-state index contributed by atoms with van der Waals surface area (Å²) in [7, 11) is 0. The number of rotatable bonds is 8. The van der Waals surface area contributed by atoms with E-state index in [0.29, 0.717) is 29.9 Å². The Morgan fingerprint density at radius 1 is 0.795 bits per heavy atom. The highest BCUT2D eigenvalue weighted by Crippen LogP contribution is 2.24. The summed E-state index contributed by atoms with van der Waals surface area (Å²) in [5.74, 6) is -0.438. The van der Waals surface area contributed by atoms with Crippen LogP contribution in [0.25, 0.3) is 5.69 Å². The van der Waals surface area contributed by atoms with Crippen LogP contribution >= 0.6 is 0 Å². The van der Waals surface area contributed by atoms with Crippen LogP contribution in [-0.4, -0.2) is 74.8 Å². The van der Waals surface area contributed by atoms with Gasteiger partial charge in [-0.05, 0) is 82.1 Å². The predicted octanol–water partition coefficient (Wildman–Crippen LogP) is 4.60. The average molecular weight is 598 g/mol. The van der Waals surface area contributed by atoms with Crippen LogP contribution in [0.2, 0.25) is 0 Å². The maximum atomic E-state index is 13.2. The van der Waals surface area contributed by atoms with E-state index in [1.54, 1.807) is 24.3 Å². The van der Waals surface area contributed by atoms with E-state index in [2.05, 4.69) is 25.6 Å². The number of aryl methyl sites for hydroxylation is 2. The second kappa shape index (κ2) is 13.0. The van der Waals surface area contributed by atoms with Gasteiger partial charge in [0.15, 0.2) is 0 Å². The zero-order valence-electron chi connectivity index (χ0n) is 25.7. The maximum Gasteiger partial charge on any atom is 0.258 e. The monoisotopic (exact) mass is 597 g/mol. The number of carbonyl (C=O) groups excluding carboxylic acids is 2. The summed E-state index contributed by atoms with van der Waals surface area (Å²) >= 11 is 0. The van der Waals surface area contributed by atoms with Gasteiger partial charge in [0.1, 0.15) is 0 Å². The Balaban J connectivity index is 1.35. The standard InChI is InChI=1S/C33H39N7O4/c1-22-10-6-8-12-26(22)28(41)34-30-36-31(35-29(42)27-13-9-7-11-23(27)2)40(37-30)25-16-14-24(15-17-25)38-18-20-39(21-19-38)32(43)44-33(3,4)5/h6-17,32,43H,18-21H2,1-5H3,(H2,34,35,36,37,41,42). The number of ether oxygens (including phenoxy) is 1. The summed E-state index contributed by atoms with van der Waals surface area (Å²) in [5.41, 5.74) is 3.91. The first kappa shape index (κ1) is 30.9. The number of aliphatic hydroxyl groups excluding tert-OH is 1. The van der Waals surface area contributed by atoms with Gasteiger partial charge in [-0.15, -0.1) is 5.10 Å². The molecular formula is C33H39N7O4. The van der Waals surface area contributed by atoms with Crippen molar-refractivity contribution < 1.29 is 19.4 Å². The summed E-state index contributed by atoms with van der Waals surface area (Å²) < 4.78 is 7.21. The number of piperazine rings is 1. The molecule has 4 aromatic rings. The van der Waals surface area contributed by atoms with E-state index >= 15 is 0 Å². The van der Waals surface area contributed by atoms with Crippen LogP contribution < -0.4 is 15.5 Å². The first-order chi connectivity index (χ1) is 21.0. The summed E-state index contributed by atoms with van der Waals surface area (Å²) in [4.78, 5) is 34.9. The van der Waals surface area contributed by atoms with Gasteiger partial charge in [0, 0.05) is 43.0 Å². The van der Waals surface area contributed by atoms with Crippen LogP contribution in [0.3, 0.4) is 0 Å². The Hall–Kier alpha value is -4.58. The average Bonchev–Trinajstić information content (AvgIpc) is 3.38. The number of amides is 2. The molecule has 2 amide bonds. The first-order valence-corrected chi connectivity index (χ1v) is 14.6. The fourth-order valence-electron chi connectivity index (χ4n) is 5.02. The van der Waals surface area contributed by atoms with Gasteiger partial charge in [0.25, 0.3) is 17.8 Å². The van der Waals surface area contributed by atoms with Gasteiger partial charge in [0.2, 0.25) is 12.4 Å². The summed E-state index contributed by atoms with van der Waals surface area (Å²) in [5, 5.41) is 20.6. The van der Waals surface area contributed by atoms with Crippen LogP contribution in [0.15, 0.2) is 72.8 Å². The molecule has 1 unspecified atom stereocenters. The molecule has 3 aromatic carbocycles. The molecule has 1 saturated heterocycles. The largest absolute Gasteiger partial charge is 0.369 e. The molecule has 0 saturated carbocycles. The number of nitrogens with zero attached hydrogens (tertiary/aromatic N) is 5. The zero-order chi connectivity index (χ0) is 31.4. The fraction of sp³-hybridized carbons (Fsp3) is 0.333. The van der Waals surface area contributed by atoms with Gasteiger partial charge in [-0.1, -0.05) is 36.4 Å². The second-order valence-corrected chi connectivity index (χ2v) is 11.8. The number of aromatic nitrogens is 3. The van der Waals surface area contributed by atoms with Gasteiger partial charge in [-0.2, -0.15) is 9.67 Å². The van der Waals surface area contributed by atoms with Gasteiger partial charge in [-0.3, -0.25) is 25.1 Å². The Bertz CT molecular complexity index is 1620. The van der Waals surface area contributed by atoms with Crippen LogP contribution in [0.4, 0.5) is 17.6 Å². The summed E-state index contributed by atoms with van der Waals surface area (Å²) in [6, 6.07) is 22.3. The number of carbonyl (C=O) groups is 2. The molecular weight excluding hydrogens is 558 g/mol. The highest BCUT2D eigenvalue weighted by Gasteiger charge is 2.27. The number of anilines is 3. The minimum atomic E-state index is -0.944. The molecule has 0 bridgehead atoms. The van der Waals surface area contributed by atoms with Crippen molar-refractivity contribution in [3.05, 3.63) is 95.1 Å². The van der Waals surface area contributed by atoms with Crippen molar-refractivity contribution in [1.29, 1.82) is 0 Å². The molecule has 1 atom stereocenters. The third kappa shape index (κ3) is 7.31. The van der Waals surface area contributed by atoms with Gasteiger partial charge >= 0.3 is 0 Å². The van der Waals surface area contributed by atoms with Crippen molar-refractivity contribution in [2.45, 2.75) is 46.6 Å². The Morgan fingerprint density at radius 2 is 1.32 bits per heavy atom. The molecule has 1 fully saturated rings. The topological polar surface area (TPSA) is 125 Å². The maximum absolute atomic E-state index is 13.2. The molecule has 3 N–H and O–H groups in total. The molecule has 11 heteroatoms. The van der Waals surface area contributed by atoms with Crippen molar-refractivity contribution in [2.75, 3.05) is 41.7 Å². The van der Waals surface area contributed by atoms with E-state index in [4.69, 9.17) is 4.74 Å². The quantitative estimate of drug-likeness (QED) is 0.252. The minimum absolute atomic E-state index is 0.0644.